The van der Waals surface area contributed by atoms with Crippen LogP contribution in [0.1, 0.15) is 380 Å². The maximum absolute atomic E-state index is 12.9. The highest BCUT2D eigenvalue weighted by atomic mass is 16.6. The van der Waals surface area contributed by atoms with Crippen molar-refractivity contribution in [3.63, 3.8) is 0 Å². The second-order valence-electron chi connectivity index (χ2n) is 23.5. The van der Waals surface area contributed by atoms with Crippen LogP contribution in [0, 0.1) is 0 Å². The molecule has 0 bridgehead atoms. The molecule has 0 aromatic rings. The molecule has 0 saturated carbocycles. The molecule has 0 aliphatic rings. The second kappa shape index (κ2) is 66.1. The van der Waals surface area contributed by atoms with E-state index >= 15 is 0 Å². The molecule has 0 aliphatic heterocycles. The smallest absolute Gasteiger partial charge is 0.306 e. The Hall–Kier alpha value is -2.37. The van der Waals surface area contributed by atoms with Crippen molar-refractivity contribution in [1.82, 2.24) is 0 Å². The summed E-state index contributed by atoms with van der Waals surface area (Å²) in [5.74, 6) is -0.866. The molecule has 0 rings (SSSR count). The van der Waals surface area contributed by atoms with Crippen LogP contribution in [-0.4, -0.2) is 37.2 Å². The number of esters is 3. The molecular weight excluding hydrogens is 949 g/mol. The van der Waals surface area contributed by atoms with Crippen molar-refractivity contribution >= 4 is 17.9 Å². The van der Waals surface area contributed by atoms with E-state index in [4.69, 9.17) is 14.2 Å². The van der Waals surface area contributed by atoms with E-state index < -0.39 is 6.10 Å². The quantitative estimate of drug-likeness (QED) is 0.0261. The minimum absolute atomic E-state index is 0.0709. The van der Waals surface area contributed by atoms with Gasteiger partial charge in [-0.15, -0.1) is 0 Å². The highest BCUT2D eigenvalue weighted by molar-refractivity contribution is 5.71. The number of carbonyl (C=O) groups is 3. The summed E-state index contributed by atoms with van der Waals surface area (Å²) in [5.41, 5.74) is 0. The van der Waals surface area contributed by atoms with E-state index in [-0.39, 0.29) is 31.1 Å². The Morgan fingerprint density at radius 3 is 0.727 bits per heavy atom. The number of ether oxygens (including phenoxy) is 3. The van der Waals surface area contributed by atoms with Gasteiger partial charge in [0.25, 0.3) is 0 Å². The van der Waals surface area contributed by atoms with E-state index in [1.165, 1.54) is 263 Å². The molecule has 0 aromatic carbocycles. The maximum atomic E-state index is 12.9. The van der Waals surface area contributed by atoms with Crippen molar-refractivity contribution in [2.75, 3.05) is 13.2 Å². The number of carbonyl (C=O) groups excluding carboxylic acids is 3. The molecule has 77 heavy (non-hydrogen) atoms. The normalized spacial score (nSPS) is 12.2. The van der Waals surface area contributed by atoms with Crippen molar-refractivity contribution in [3.8, 4) is 0 Å². The fourth-order valence-electron chi connectivity index (χ4n) is 10.5. The van der Waals surface area contributed by atoms with Gasteiger partial charge >= 0.3 is 17.9 Å². The van der Waals surface area contributed by atoms with Gasteiger partial charge in [-0.1, -0.05) is 340 Å². The van der Waals surface area contributed by atoms with E-state index in [9.17, 15) is 14.4 Å². The van der Waals surface area contributed by atoms with E-state index in [0.717, 1.165) is 77.0 Å². The van der Waals surface area contributed by atoms with Crippen LogP contribution in [0.5, 0.6) is 0 Å². The lowest BCUT2D eigenvalue weighted by Crippen LogP contribution is -2.30. The van der Waals surface area contributed by atoms with Crippen LogP contribution in [0.15, 0.2) is 36.5 Å². The van der Waals surface area contributed by atoms with Crippen molar-refractivity contribution in [2.24, 2.45) is 0 Å². The first-order chi connectivity index (χ1) is 38.0. The zero-order chi connectivity index (χ0) is 55.7. The van der Waals surface area contributed by atoms with Gasteiger partial charge in [-0.3, -0.25) is 14.4 Å². The standard InChI is InChI=1S/C71H132O6/c1-4-7-10-13-16-18-20-22-24-26-28-30-32-33-34-35-36-37-38-40-41-43-45-47-49-51-53-55-58-61-64-70(73)76-67-68(66-75-69(72)63-60-57-15-12-9-6-3)77-71(74)65-62-59-56-54-52-50-48-46-44-42-39-31-29-27-25-23-21-19-17-14-11-8-5-2/h21,23,27,29,39,42,68H,4-20,22,24-26,28,30-38,40-41,43-67H2,1-3H3/b23-21-,29-27-,42-39-. The van der Waals surface area contributed by atoms with E-state index in [0.29, 0.717) is 19.3 Å². The van der Waals surface area contributed by atoms with Gasteiger partial charge in [-0.05, 0) is 57.8 Å². The first-order valence-electron chi connectivity index (χ1n) is 34.5. The molecule has 1 atom stereocenters. The predicted octanol–water partition coefficient (Wildman–Crippen LogP) is 23.6. The Kier molecular flexibility index (Phi) is 64.1. The molecule has 0 fully saturated rings. The van der Waals surface area contributed by atoms with E-state index in [1.807, 2.05) is 0 Å². The number of unbranched alkanes of at least 4 members (excludes halogenated alkanes) is 47. The van der Waals surface area contributed by atoms with Crippen LogP contribution >= 0.6 is 0 Å². The minimum Gasteiger partial charge on any atom is -0.462 e. The molecule has 6 heteroatoms. The molecular formula is C71H132O6. The molecule has 1 unspecified atom stereocenters. The monoisotopic (exact) mass is 1080 g/mol. The van der Waals surface area contributed by atoms with Gasteiger partial charge in [0.1, 0.15) is 13.2 Å². The zero-order valence-electron chi connectivity index (χ0n) is 52.0. The lowest BCUT2D eigenvalue weighted by Gasteiger charge is -2.18. The van der Waals surface area contributed by atoms with Crippen LogP contribution in [-0.2, 0) is 28.6 Å². The summed E-state index contributed by atoms with van der Waals surface area (Å²) >= 11 is 0. The topological polar surface area (TPSA) is 78.9 Å². The second-order valence-corrected chi connectivity index (χ2v) is 23.5. The Balaban J connectivity index is 3.99. The van der Waals surface area contributed by atoms with Crippen molar-refractivity contribution in [1.29, 1.82) is 0 Å². The molecule has 0 radical (unpaired) electrons. The molecule has 0 N–H and O–H groups in total. The first kappa shape index (κ1) is 74.6. The number of hydrogen-bond donors (Lipinski definition) is 0. The van der Waals surface area contributed by atoms with Crippen LogP contribution in [0.2, 0.25) is 0 Å². The maximum Gasteiger partial charge on any atom is 0.306 e. The largest absolute Gasteiger partial charge is 0.462 e. The lowest BCUT2D eigenvalue weighted by molar-refractivity contribution is -0.167. The molecule has 0 aliphatic carbocycles. The molecule has 0 spiro atoms. The summed E-state index contributed by atoms with van der Waals surface area (Å²) in [6.45, 7) is 6.62. The average molecular weight is 1080 g/mol. The molecule has 0 saturated heterocycles. The Bertz CT molecular complexity index is 1290. The summed E-state index contributed by atoms with van der Waals surface area (Å²) < 4.78 is 16.8. The van der Waals surface area contributed by atoms with Gasteiger partial charge in [-0.25, -0.2) is 0 Å². The summed E-state index contributed by atoms with van der Waals surface area (Å²) in [6.07, 6.45) is 82.2. The fraction of sp³-hybridized carbons (Fsp3) is 0.873. The van der Waals surface area contributed by atoms with Gasteiger partial charge in [0, 0.05) is 19.3 Å². The number of rotatable bonds is 64. The van der Waals surface area contributed by atoms with Crippen LogP contribution in [0.25, 0.3) is 0 Å². The van der Waals surface area contributed by atoms with Gasteiger partial charge in [0.15, 0.2) is 6.10 Å². The van der Waals surface area contributed by atoms with Crippen molar-refractivity contribution in [2.45, 2.75) is 386 Å². The van der Waals surface area contributed by atoms with Crippen LogP contribution in [0.4, 0.5) is 0 Å². The third kappa shape index (κ3) is 64.3. The Morgan fingerprint density at radius 1 is 0.260 bits per heavy atom. The predicted molar refractivity (Wildman–Crippen MR) is 335 cm³/mol. The van der Waals surface area contributed by atoms with Gasteiger partial charge in [-0.2, -0.15) is 0 Å². The summed E-state index contributed by atoms with van der Waals surface area (Å²) in [7, 11) is 0. The third-order valence-corrected chi connectivity index (χ3v) is 15.6. The number of allylic oxidation sites excluding steroid dienone is 6. The van der Waals surface area contributed by atoms with Gasteiger partial charge < -0.3 is 14.2 Å². The third-order valence-electron chi connectivity index (χ3n) is 15.6. The first-order valence-corrected chi connectivity index (χ1v) is 34.5. The average Bonchev–Trinajstić information content (AvgIpc) is 3.43. The van der Waals surface area contributed by atoms with Crippen LogP contribution < -0.4 is 0 Å². The van der Waals surface area contributed by atoms with E-state index in [1.54, 1.807) is 0 Å². The minimum atomic E-state index is -0.772. The van der Waals surface area contributed by atoms with Crippen molar-refractivity contribution in [3.05, 3.63) is 36.5 Å². The van der Waals surface area contributed by atoms with Gasteiger partial charge in [0.05, 0.1) is 0 Å². The summed E-state index contributed by atoms with van der Waals surface area (Å²) in [5, 5.41) is 0. The molecule has 0 amide bonds. The zero-order valence-corrected chi connectivity index (χ0v) is 52.0. The Morgan fingerprint density at radius 2 is 0.468 bits per heavy atom. The molecule has 6 nitrogen and oxygen atoms in total. The highest BCUT2D eigenvalue weighted by Gasteiger charge is 2.19. The lowest BCUT2D eigenvalue weighted by atomic mass is 10.0. The fourth-order valence-corrected chi connectivity index (χ4v) is 10.5. The van der Waals surface area contributed by atoms with E-state index in [2.05, 4.69) is 57.2 Å². The number of hydrogen-bond acceptors (Lipinski definition) is 6. The Labute approximate surface area is 480 Å². The SMILES string of the molecule is CCCCCCC/C=C\C/C=C\C/C=C\CCCCCCCCCCC(=O)OC(COC(=O)CCCCCCCC)COC(=O)CCCCCCCCCCCCCCCCCCCCCCCCCCCCCCCC. The van der Waals surface area contributed by atoms with Crippen LogP contribution in [0.3, 0.4) is 0 Å². The molecule has 0 aromatic heterocycles. The summed E-state index contributed by atoms with van der Waals surface area (Å²) in [6, 6.07) is 0. The van der Waals surface area contributed by atoms with Crippen molar-refractivity contribution < 1.29 is 28.6 Å². The summed E-state index contributed by atoms with van der Waals surface area (Å²) in [4.78, 5) is 38.1. The highest BCUT2D eigenvalue weighted by Crippen LogP contribution is 2.18. The van der Waals surface area contributed by atoms with Gasteiger partial charge in [0.2, 0.25) is 0 Å². The molecule has 452 valence electrons. The molecule has 0 heterocycles.